The van der Waals surface area contributed by atoms with Crippen LogP contribution in [0.25, 0.3) is 0 Å². The number of hydrogen-bond acceptors (Lipinski definition) is 3. The van der Waals surface area contributed by atoms with Gasteiger partial charge in [0.15, 0.2) is 11.6 Å². The van der Waals surface area contributed by atoms with Gasteiger partial charge >= 0.3 is 0 Å². The zero-order chi connectivity index (χ0) is 14.5. The number of benzene rings is 2. The van der Waals surface area contributed by atoms with Crippen LogP contribution in [-0.2, 0) is 6.42 Å². The van der Waals surface area contributed by atoms with Gasteiger partial charge in [-0.1, -0.05) is 18.2 Å². The van der Waals surface area contributed by atoms with E-state index in [1.165, 1.54) is 13.2 Å². The first-order valence-electron chi connectivity index (χ1n) is 6.18. The Kier molecular flexibility index (Phi) is 5.33. The fraction of sp³-hybridized carbons (Fsp3) is 0.200. The predicted molar refractivity (Wildman–Crippen MR) is 85.9 cm³/mol. The number of ether oxygens (including phenoxy) is 1. The smallest absolute Gasteiger partial charge is 0.165 e. The van der Waals surface area contributed by atoms with Gasteiger partial charge in [0.1, 0.15) is 0 Å². The molecular weight excluding hydrogens is 370 g/mol. The lowest BCUT2D eigenvalue weighted by molar-refractivity contribution is 0.386. The van der Waals surface area contributed by atoms with E-state index < -0.39 is 0 Å². The van der Waals surface area contributed by atoms with Gasteiger partial charge in [0, 0.05) is 9.61 Å². The van der Waals surface area contributed by atoms with Crippen LogP contribution in [0.4, 0.5) is 4.39 Å². The van der Waals surface area contributed by atoms with E-state index in [-0.39, 0.29) is 17.6 Å². The molecule has 0 aromatic heterocycles. The number of nitrogens with one attached hydrogen (secondary N) is 1. The van der Waals surface area contributed by atoms with Gasteiger partial charge < -0.3 is 4.74 Å². The first kappa shape index (κ1) is 15.2. The third-order valence-corrected chi connectivity index (χ3v) is 3.85. The first-order valence-corrected chi connectivity index (χ1v) is 7.26. The van der Waals surface area contributed by atoms with Crippen molar-refractivity contribution in [1.29, 1.82) is 0 Å². The lowest BCUT2D eigenvalue weighted by atomic mass is 9.99. The second-order valence-corrected chi connectivity index (χ2v) is 5.69. The van der Waals surface area contributed by atoms with Crippen LogP contribution in [0.2, 0.25) is 0 Å². The summed E-state index contributed by atoms with van der Waals surface area (Å²) in [4.78, 5) is 0. The largest absolute Gasteiger partial charge is 0.494 e. The van der Waals surface area contributed by atoms with Crippen LogP contribution >= 0.6 is 22.6 Å². The second kappa shape index (κ2) is 7.01. The van der Waals surface area contributed by atoms with E-state index in [9.17, 15) is 4.39 Å². The SMILES string of the molecule is COc1ccc(CC(NN)c2ccc(I)cc2)cc1F. The van der Waals surface area contributed by atoms with Crippen molar-refractivity contribution in [3.8, 4) is 5.75 Å². The monoisotopic (exact) mass is 386 g/mol. The Bertz CT molecular complexity index is 575. The molecule has 0 aliphatic carbocycles. The second-order valence-electron chi connectivity index (χ2n) is 4.44. The number of halogens is 2. The van der Waals surface area contributed by atoms with Crippen molar-refractivity contribution in [2.45, 2.75) is 12.5 Å². The summed E-state index contributed by atoms with van der Waals surface area (Å²) in [6.45, 7) is 0. The van der Waals surface area contributed by atoms with Crippen molar-refractivity contribution < 1.29 is 9.13 Å². The van der Waals surface area contributed by atoms with Gasteiger partial charge in [-0.2, -0.15) is 0 Å². The molecule has 5 heteroatoms. The van der Waals surface area contributed by atoms with E-state index in [2.05, 4.69) is 28.0 Å². The van der Waals surface area contributed by atoms with Crippen molar-refractivity contribution in [2.24, 2.45) is 5.84 Å². The summed E-state index contributed by atoms with van der Waals surface area (Å²) in [5.74, 6) is 5.51. The molecule has 0 aliphatic rings. The van der Waals surface area contributed by atoms with E-state index in [4.69, 9.17) is 10.6 Å². The summed E-state index contributed by atoms with van der Waals surface area (Å²) < 4.78 is 19.8. The zero-order valence-electron chi connectivity index (χ0n) is 11.1. The van der Waals surface area contributed by atoms with Crippen LogP contribution in [0.3, 0.4) is 0 Å². The number of methoxy groups -OCH3 is 1. The summed E-state index contributed by atoms with van der Waals surface area (Å²) in [5.41, 5.74) is 4.72. The van der Waals surface area contributed by atoms with Gasteiger partial charge in [-0.05, 0) is 64.4 Å². The molecule has 1 unspecified atom stereocenters. The van der Waals surface area contributed by atoms with Crippen LogP contribution in [0.5, 0.6) is 5.75 Å². The third kappa shape index (κ3) is 3.68. The molecule has 2 aromatic carbocycles. The Balaban J connectivity index is 2.17. The average Bonchev–Trinajstić information content (AvgIpc) is 2.46. The maximum atomic E-state index is 13.7. The third-order valence-electron chi connectivity index (χ3n) is 3.13. The molecule has 20 heavy (non-hydrogen) atoms. The molecular formula is C15H16FIN2O. The van der Waals surface area contributed by atoms with Crippen molar-refractivity contribution in [3.63, 3.8) is 0 Å². The Morgan fingerprint density at radius 1 is 1.25 bits per heavy atom. The van der Waals surface area contributed by atoms with Gasteiger partial charge in [-0.3, -0.25) is 11.3 Å². The number of hydrazine groups is 1. The summed E-state index contributed by atoms with van der Waals surface area (Å²) >= 11 is 2.25. The molecule has 106 valence electrons. The van der Waals surface area contributed by atoms with Gasteiger partial charge in [-0.15, -0.1) is 0 Å². The Morgan fingerprint density at radius 3 is 2.50 bits per heavy atom. The lowest BCUT2D eigenvalue weighted by Gasteiger charge is -2.17. The van der Waals surface area contributed by atoms with Crippen molar-refractivity contribution >= 4 is 22.6 Å². The van der Waals surface area contributed by atoms with Crippen molar-refractivity contribution in [1.82, 2.24) is 5.43 Å². The molecule has 0 saturated carbocycles. The molecule has 0 heterocycles. The minimum absolute atomic E-state index is 0.0557. The molecule has 2 aromatic rings. The zero-order valence-corrected chi connectivity index (χ0v) is 13.2. The summed E-state index contributed by atoms with van der Waals surface area (Å²) in [7, 11) is 1.45. The van der Waals surface area contributed by atoms with Crippen LogP contribution in [-0.4, -0.2) is 7.11 Å². The normalized spacial score (nSPS) is 12.2. The minimum atomic E-state index is -0.358. The molecule has 0 bridgehead atoms. The van der Waals surface area contributed by atoms with Gasteiger partial charge in [0.2, 0.25) is 0 Å². The van der Waals surface area contributed by atoms with Crippen molar-refractivity contribution in [3.05, 3.63) is 63.0 Å². The minimum Gasteiger partial charge on any atom is -0.494 e. The molecule has 2 rings (SSSR count). The molecule has 0 radical (unpaired) electrons. The van der Waals surface area contributed by atoms with Crippen LogP contribution in [0, 0.1) is 9.39 Å². The van der Waals surface area contributed by atoms with E-state index in [1.54, 1.807) is 6.07 Å². The fourth-order valence-corrected chi connectivity index (χ4v) is 2.40. The molecule has 3 N–H and O–H groups in total. The van der Waals surface area contributed by atoms with Gasteiger partial charge in [0.05, 0.1) is 7.11 Å². The Morgan fingerprint density at radius 2 is 1.95 bits per heavy atom. The van der Waals surface area contributed by atoms with E-state index in [1.807, 2.05) is 30.3 Å². The highest BCUT2D eigenvalue weighted by molar-refractivity contribution is 14.1. The number of rotatable bonds is 5. The highest BCUT2D eigenvalue weighted by Gasteiger charge is 2.12. The Labute approximate surface area is 131 Å². The molecule has 1 atom stereocenters. The van der Waals surface area contributed by atoms with Crippen molar-refractivity contribution in [2.75, 3.05) is 7.11 Å². The average molecular weight is 386 g/mol. The molecule has 0 aliphatic heterocycles. The number of hydrogen-bond donors (Lipinski definition) is 2. The fourth-order valence-electron chi connectivity index (χ4n) is 2.04. The molecule has 0 amide bonds. The van der Waals surface area contributed by atoms with Crippen LogP contribution < -0.4 is 16.0 Å². The predicted octanol–water partition coefficient (Wildman–Crippen LogP) is 3.19. The topological polar surface area (TPSA) is 47.3 Å². The summed E-state index contributed by atoms with van der Waals surface area (Å²) in [6.07, 6.45) is 0.609. The standard InChI is InChI=1S/C15H16FIN2O/c1-20-15-7-2-10(8-13(15)16)9-14(19-18)11-3-5-12(17)6-4-11/h2-8,14,19H,9,18H2,1H3. The lowest BCUT2D eigenvalue weighted by Crippen LogP contribution is -2.29. The number of nitrogens with two attached hydrogens (primary N) is 1. The molecule has 0 saturated heterocycles. The van der Waals surface area contributed by atoms with Gasteiger partial charge in [0.25, 0.3) is 0 Å². The summed E-state index contributed by atoms with van der Waals surface area (Å²) in [5, 5.41) is 0. The van der Waals surface area contributed by atoms with Crippen LogP contribution in [0.1, 0.15) is 17.2 Å². The van der Waals surface area contributed by atoms with E-state index in [0.29, 0.717) is 6.42 Å². The van der Waals surface area contributed by atoms with Crippen LogP contribution in [0.15, 0.2) is 42.5 Å². The highest BCUT2D eigenvalue weighted by Crippen LogP contribution is 2.23. The maximum absolute atomic E-state index is 13.7. The van der Waals surface area contributed by atoms with E-state index in [0.717, 1.165) is 14.7 Å². The molecule has 0 fully saturated rings. The quantitative estimate of drug-likeness (QED) is 0.472. The Hall–Kier alpha value is -1.18. The first-order chi connectivity index (χ1) is 9.63. The molecule has 3 nitrogen and oxygen atoms in total. The van der Waals surface area contributed by atoms with Gasteiger partial charge in [-0.25, -0.2) is 4.39 Å². The molecule has 0 spiro atoms. The maximum Gasteiger partial charge on any atom is 0.165 e. The summed E-state index contributed by atoms with van der Waals surface area (Å²) in [6, 6.07) is 13.0. The van der Waals surface area contributed by atoms with E-state index >= 15 is 0 Å². The highest BCUT2D eigenvalue weighted by atomic mass is 127.